The van der Waals surface area contributed by atoms with Gasteiger partial charge in [0.2, 0.25) is 21.8 Å². The van der Waals surface area contributed by atoms with E-state index in [1.807, 2.05) is 11.8 Å². The summed E-state index contributed by atoms with van der Waals surface area (Å²) in [5.74, 6) is 0.0196. The van der Waals surface area contributed by atoms with Gasteiger partial charge in [-0.15, -0.1) is 0 Å². The van der Waals surface area contributed by atoms with Gasteiger partial charge in [-0.05, 0) is 38.0 Å². The molecule has 1 aromatic carbocycles. The van der Waals surface area contributed by atoms with Crippen LogP contribution in [0.4, 0.5) is 5.69 Å². The first kappa shape index (κ1) is 25.1. The van der Waals surface area contributed by atoms with Crippen molar-refractivity contribution in [3.63, 3.8) is 0 Å². The van der Waals surface area contributed by atoms with Gasteiger partial charge < -0.3 is 15.0 Å². The molecule has 0 radical (unpaired) electrons. The molecule has 1 atom stereocenters. The molecule has 0 unspecified atom stereocenters. The van der Waals surface area contributed by atoms with E-state index in [2.05, 4.69) is 15.1 Å². The molecule has 1 N–H and O–H groups in total. The molecule has 0 aromatic heterocycles. The summed E-state index contributed by atoms with van der Waals surface area (Å²) in [5, 5.41) is 2.87. The molecular weight excluding hydrogens is 458 g/mol. The molecule has 0 spiro atoms. The number of nitrogens with one attached hydrogen (secondary N) is 1. The molecule has 1 aromatic rings. The van der Waals surface area contributed by atoms with Gasteiger partial charge in [0, 0.05) is 58.0 Å². The van der Waals surface area contributed by atoms with E-state index in [4.69, 9.17) is 4.74 Å². The molecule has 11 heteroatoms. The number of carbonyl (C=O) groups is 2. The molecule has 4 rings (SSSR count). The third kappa shape index (κ3) is 5.95. The van der Waals surface area contributed by atoms with Crippen LogP contribution < -0.4 is 5.32 Å². The Morgan fingerprint density at radius 3 is 2.35 bits per heavy atom. The molecule has 3 heterocycles. The Labute approximate surface area is 201 Å². The van der Waals surface area contributed by atoms with E-state index in [-0.39, 0.29) is 22.8 Å². The van der Waals surface area contributed by atoms with Crippen LogP contribution in [0.5, 0.6) is 0 Å². The lowest BCUT2D eigenvalue weighted by Crippen LogP contribution is -2.54. The van der Waals surface area contributed by atoms with Crippen LogP contribution in [0.1, 0.15) is 19.8 Å². The van der Waals surface area contributed by atoms with Gasteiger partial charge in [-0.3, -0.25) is 19.4 Å². The zero-order chi connectivity index (χ0) is 24.1. The second kappa shape index (κ2) is 11.1. The Balaban J connectivity index is 1.29. The number of sulfonamides is 1. The summed E-state index contributed by atoms with van der Waals surface area (Å²) in [6.45, 7) is 8.33. The van der Waals surface area contributed by atoms with E-state index in [0.29, 0.717) is 51.6 Å². The fraction of sp³-hybridized carbons (Fsp3) is 0.652. The van der Waals surface area contributed by atoms with Gasteiger partial charge in [0.25, 0.3) is 0 Å². The van der Waals surface area contributed by atoms with E-state index in [9.17, 15) is 18.0 Å². The first-order valence-electron chi connectivity index (χ1n) is 12.1. The topological polar surface area (TPSA) is 102 Å². The van der Waals surface area contributed by atoms with Gasteiger partial charge in [0.1, 0.15) is 0 Å². The maximum Gasteiger partial charge on any atom is 0.243 e. The number of carbonyl (C=O) groups excluding carboxylic acids is 2. The summed E-state index contributed by atoms with van der Waals surface area (Å²) in [4.78, 5) is 31.7. The lowest BCUT2D eigenvalue weighted by molar-refractivity contribution is -0.132. The third-order valence-corrected chi connectivity index (χ3v) is 8.76. The van der Waals surface area contributed by atoms with Gasteiger partial charge >= 0.3 is 0 Å². The van der Waals surface area contributed by atoms with E-state index in [1.165, 1.54) is 10.4 Å². The van der Waals surface area contributed by atoms with E-state index in [1.54, 1.807) is 18.2 Å². The maximum atomic E-state index is 12.9. The maximum absolute atomic E-state index is 12.9. The summed E-state index contributed by atoms with van der Waals surface area (Å²) in [6, 6.07) is 6.04. The van der Waals surface area contributed by atoms with Crippen molar-refractivity contribution in [3.05, 3.63) is 24.3 Å². The molecule has 0 saturated carbocycles. The Hall–Kier alpha value is -2.05. The van der Waals surface area contributed by atoms with E-state index >= 15 is 0 Å². The molecule has 2 amide bonds. The minimum atomic E-state index is -3.63. The van der Waals surface area contributed by atoms with E-state index in [0.717, 1.165) is 39.0 Å². The number of hydrogen-bond acceptors (Lipinski definition) is 7. The quantitative estimate of drug-likeness (QED) is 0.582. The van der Waals surface area contributed by atoms with Crippen LogP contribution in [-0.4, -0.2) is 117 Å². The summed E-state index contributed by atoms with van der Waals surface area (Å²) in [7, 11) is -3.63. The Bertz CT molecular complexity index is 968. The highest BCUT2D eigenvalue weighted by atomic mass is 32.2. The summed E-state index contributed by atoms with van der Waals surface area (Å²) >= 11 is 0. The van der Waals surface area contributed by atoms with Crippen molar-refractivity contribution < 1.29 is 22.7 Å². The van der Waals surface area contributed by atoms with Gasteiger partial charge in [0.05, 0.1) is 30.7 Å². The molecule has 0 bridgehead atoms. The zero-order valence-corrected chi connectivity index (χ0v) is 20.6. The van der Waals surface area contributed by atoms with Crippen LogP contribution in [0.3, 0.4) is 0 Å². The number of rotatable bonds is 7. The number of hydrogen-bond donors (Lipinski definition) is 1. The lowest BCUT2D eigenvalue weighted by atomic mass is 10.2. The van der Waals surface area contributed by atoms with Crippen LogP contribution in [-0.2, 0) is 24.3 Å². The number of likely N-dealkylation sites (tertiary alicyclic amines) is 1. The smallest absolute Gasteiger partial charge is 0.243 e. The minimum absolute atomic E-state index is 0.163. The van der Waals surface area contributed by atoms with Crippen LogP contribution >= 0.6 is 0 Å². The summed E-state index contributed by atoms with van der Waals surface area (Å²) in [5.41, 5.74) is 0.459. The monoisotopic (exact) mass is 493 g/mol. The Morgan fingerprint density at radius 2 is 1.68 bits per heavy atom. The fourth-order valence-electron chi connectivity index (χ4n) is 4.65. The molecule has 3 aliphatic rings. The molecule has 0 aliphatic carbocycles. The summed E-state index contributed by atoms with van der Waals surface area (Å²) < 4.78 is 32.5. The SMILES string of the molecule is C[C@H](C(=O)Nc1cccc(S(=O)(=O)N2CCOCC2)c1)N1CCN(CC(=O)N2CCCC2)CC1. The fourth-order valence-corrected chi connectivity index (χ4v) is 6.10. The van der Waals surface area contributed by atoms with Crippen molar-refractivity contribution in [2.45, 2.75) is 30.7 Å². The van der Waals surface area contributed by atoms with Crippen molar-refractivity contribution in [3.8, 4) is 0 Å². The van der Waals surface area contributed by atoms with Crippen LogP contribution in [0.15, 0.2) is 29.2 Å². The second-order valence-electron chi connectivity index (χ2n) is 9.11. The van der Waals surface area contributed by atoms with Crippen molar-refractivity contribution in [2.24, 2.45) is 0 Å². The van der Waals surface area contributed by atoms with Gasteiger partial charge in [-0.1, -0.05) is 6.07 Å². The average Bonchev–Trinajstić information content (AvgIpc) is 3.40. The minimum Gasteiger partial charge on any atom is -0.379 e. The highest BCUT2D eigenvalue weighted by Gasteiger charge is 2.29. The van der Waals surface area contributed by atoms with Crippen LogP contribution in [0.2, 0.25) is 0 Å². The van der Waals surface area contributed by atoms with Crippen molar-refractivity contribution in [2.75, 3.05) is 77.4 Å². The number of anilines is 1. The summed E-state index contributed by atoms with van der Waals surface area (Å²) in [6.07, 6.45) is 2.18. The van der Waals surface area contributed by atoms with Gasteiger partial charge in [-0.25, -0.2) is 8.42 Å². The number of ether oxygens (including phenoxy) is 1. The number of amides is 2. The standard InChI is InChI=1S/C23H35N5O5S/c1-19(26-11-9-25(10-12-26)18-22(29)27-7-2-3-8-27)23(30)24-20-5-4-6-21(17-20)34(31,32)28-13-15-33-16-14-28/h4-6,17,19H,2-3,7-16,18H2,1H3,(H,24,30)/t19-/m1/s1. The first-order chi connectivity index (χ1) is 16.3. The number of morpholine rings is 1. The highest BCUT2D eigenvalue weighted by molar-refractivity contribution is 7.89. The third-order valence-electron chi connectivity index (χ3n) is 6.86. The second-order valence-corrected chi connectivity index (χ2v) is 11.0. The molecule has 3 fully saturated rings. The Kier molecular flexibility index (Phi) is 8.20. The average molecular weight is 494 g/mol. The molecule has 3 aliphatic heterocycles. The predicted molar refractivity (Wildman–Crippen MR) is 128 cm³/mol. The van der Waals surface area contributed by atoms with Crippen LogP contribution in [0, 0.1) is 0 Å². The van der Waals surface area contributed by atoms with Crippen molar-refractivity contribution >= 4 is 27.5 Å². The van der Waals surface area contributed by atoms with Gasteiger partial charge in [0.15, 0.2) is 0 Å². The van der Waals surface area contributed by atoms with E-state index < -0.39 is 10.0 Å². The zero-order valence-electron chi connectivity index (χ0n) is 19.8. The van der Waals surface area contributed by atoms with Crippen LogP contribution in [0.25, 0.3) is 0 Å². The normalized spacial score (nSPS) is 22.0. The Morgan fingerprint density at radius 1 is 1.00 bits per heavy atom. The van der Waals surface area contributed by atoms with Gasteiger partial charge in [-0.2, -0.15) is 4.31 Å². The van der Waals surface area contributed by atoms with Crippen molar-refractivity contribution in [1.29, 1.82) is 0 Å². The lowest BCUT2D eigenvalue weighted by Gasteiger charge is -2.37. The molecule has 10 nitrogen and oxygen atoms in total. The number of benzene rings is 1. The number of piperazine rings is 1. The largest absolute Gasteiger partial charge is 0.379 e. The molecule has 3 saturated heterocycles. The first-order valence-corrected chi connectivity index (χ1v) is 13.5. The molecule has 188 valence electrons. The predicted octanol–water partition coefficient (Wildman–Crippen LogP) is 0.275. The highest BCUT2D eigenvalue weighted by Crippen LogP contribution is 2.21. The molecular formula is C23H35N5O5S. The molecule has 34 heavy (non-hydrogen) atoms. The number of nitrogens with zero attached hydrogens (tertiary/aromatic N) is 4. The van der Waals surface area contributed by atoms with Crippen molar-refractivity contribution in [1.82, 2.24) is 19.0 Å².